The predicted octanol–water partition coefficient (Wildman–Crippen LogP) is 4.15. The number of hydrogen-bond donors (Lipinski definition) is 2. The SMILES string of the molecule is C=C(C(=O)NC1(CCN2CCc3c(ccc(F)c3F)C2)CCCCC1)c1cccc(S(=O)(=O)NC)c1. The molecule has 1 saturated carbocycles. The van der Waals surface area contributed by atoms with Crippen LogP contribution in [0.25, 0.3) is 5.57 Å². The van der Waals surface area contributed by atoms with Crippen LogP contribution >= 0.6 is 0 Å². The molecule has 4 rings (SSSR count). The van der Waals surface area contributed by atoms with Crippen LogP contribution in [-0.2, 0) is 27.8 Å². The number of benzene rings is 2. The molecular formula is C27H33F2N3O3S. The monoisotopic (exact) mass is 517 g/mol. The molecule has 1 fully saturated rings. The standard InChI is InChI=1S/C27H33F2N3O3S/c1-19(20-7-6-8-22(17-20)36(34,35)30-2)26(33)31-27(12-4-3-5-13-27)14-16-32-15-11-23-21(18-32)9-10-24(28)25(23)29/h6-10,17,30H,1,3-5,11-16,18H2,2H3,(H,31,33). The summed E-state index contributed by atoms with van der Waals surface area (Å²) in [7, 11) is -2.30. The number of fused-ring (bicyclic) bond motifs is 1. The van der Waals surface area contributed by atoms with E-state index >= 15 is 0 Å². The minimum atomic E-state index is -3.64. The first-order chi connectivity index (χ1) is 17.1. The topological polar surface area (TPSA) is 78.5 Å². The van der Waals surface area contributed by atoms with E-state index in [0.717, 1.165) is 50.6 Å². The van der Waals surface area contributed by atoms with E-state index in [1.54, 1.807) is 18.2 Å². The third-order valence-electron chi connectivity index (χ3n) is 7.50. The van der Waals surface area contributed by atoms with E-state index in [1.165, 1.54) is 25.2 Å². The summed E-state index contributed by atoms with van der Waals surface area (Å²) in [6, 6.07) is 9.04. The molecule has 2 aromatic rings. The van der Waals surface area contributed by atoms with Crippen molar-refractivity contribution < 1.29 is 22.0 Å². The lowest BCUT2D eigenvalue weighted by Gasteiger charge is -2.40. The zero-order chi connectivity index (χ0) is 25.9. The van der Waals surface area contributed by atoms with Crippen LogP contribution in [0.3, 0.4) is 0 Å². The molecule has 194 valence electrons. The van der Waals surface area contributed by atoms with E-state index in [4.69, 9.17) is 0 Å². The van der Waals surface area contributed by atoms with E-state index in [9.17, 15) is 22.0 Å². The van der Waals surface area contributed by atoms with Gasteiger partial charge in [0.15, 0.2) is 11.6 Å². The third kappa shape index (κ3) is 5.68. The minimum Gasteiger partial charge on any atom is -0.347 e. The predicted molar refractivity (Wildman–Crippen MR) is 136 cm³/mol. The molecule has 0 spiro atoms. The van der Waals surface area contributed by atoms with Gasteiger partial charge in [-0.3, -0.25) is 9.69 Å². The van der Waals surface area contributed by atoms with Crippen LogP contribution in [0.15, 0.2) is 47.9 Å². The van der Waals surface area contributed by atoms with Gasteiger partial charge in [0.1, 0.15) is 0 Å². The van der Waals surface area contributed by atoms with Crippen molar-refractivity contribution in [3.63, 3.8) is 0 Å². The zero-order valence-electron chi connectivity index (χ0n) is 20.6. The Kier molecular flexibility index (Phi) is 7.92. The minimum absolute atomic E-state index is 0.0746. The van der Waals surface area contributed by atoms with Crippen LogP contribution in [0, 0.1) is 11.6 Å². The Balaban J connectivity index is 1.45. The Hall–Kier alpha value is -2.62. The number of nitrogens with one attached hydrogen (secondary N) is 2. The molecule has 1 aliphatic heterocycles. The Labute approximate surface area is 211 Å². The first-order valence-electron chi connectivity index (χ1n) is 12.4. The molecule has 2 N–H and O–H groups in total. The quantitative estimate of drug-likeness (QED) is 0.516. The highest BCUT2D eigenvalue weighted by Gasteiger charge is 2.35. The Bertz CT molecular complexity index is 1260. The van der Waals surface area contributed by atoms with Gasteiger partial charge in [0.25, 0.3) is 5.91 Å². The maximum Gasteiger partial charge on any atom is 0.251 e. The number of rotatable bonds is 8. The summed E-state index contributed by atoms with van der Waals surface area (Å²) in [5.41, 5.74) is 1.56. The molecule has 0 unspecified atom stereocenters. The van der Waals surface area contributed by atoms with Crippen LogP contribution in [0.2, 0.25) is 0 Å². The first-order valence-corrected chi connectivity index (χ1v) is 13.9. The average molecular weight is 518 g/mol. The highest BCUT2D eigenvalue weighted by atomic mass is 32.2. The maximum atomic E-state index is 14.1. The van der Waals surface area contributed by atoms with Gasteiger partial charge >= 0.3 is 0 Å². The third-order valence-corrected chi connectivity index (χ3v) is 8.91. The molecule has 1 heterocycles. The van der Waals surface area contributed by atoms with Crippen molar-refractivity contribution >= 4 is 21.5 Å². The van der Waals surface area contributed by atoms with Gasteiger partial charge in [0, 0.05) is 30.7 Å². The Morgan fingerprint density at radius 2 is 1.89 bits per heavy atom. The van der Waals surface area contributed by atoms with E-state index in [0.29, 0.717) is 30.6 Å². The molecule has 6 nitrogen and oxygen atoms in total. The maximum absolute atomic E-state index is 14.1. The number of sulfonamides is 1. The summed E-state index contributed by atoms with van der Waals surface area (Å²) in [4.78, 5) is 15.6. The fourth-order valence-electron chi connectivity index (χ4n) is 5.29. The molecule has 2 aromatic carbocycles. The molecular weight excluding hydrogens is 484 g/mol. The molecule has 36 heavy (non-hydrogen) atoms. The molecule has 0 saturated heterocycles. The lowest BCUT2D eigenvalue weighted by molar-refractivity contribution is -0.118. The van der Waals surface area contributed by atoms with E-state index in [1.807, 2.05) is 0 Å². The lowest BCUT2D eigenvalue weighted by Crippen LogP contribution is -2.52. The van der Waals surface area contributed by atoms with Crippen LogP contribution < -0.4 is 10.0 Å². The molecule has 0 aromatic heterocycles. The second-order valence-corrected chi connectivity index (χ2v) is 11.7. The van der Waals surface area contributed by atoms with Crippen LogP contribution in [0.1, 0.15) is 55.2 Å². The molecule has 0 atom stereocenters. The van der Waals surface area contributed by atoms with E-state index in [2.05, 4.69) is 21.5 Å². The average Bonchev–Trinajstić information content (AvgIpc) is 2.90. The molecule has 0 radical (unpaired) electrons. The van der Waals surface area contributed by atoms with Crippen LogP contribution in [0.4, 0.5) is 8.78 Å². The van der Waals surface area contributed by atoms with Gasteiger partial charge in [0.2, 0.25) is 10.0 Å². The van der Waals surface area contributed by atoms with E-state index in [-0.39, 0.29) is 21.9 Å². The Morgan fingerprint density at radius 3 is 2.61 bits per heavy atom. The second-order valence-electron chi connectivity index (χ2n) is 9.78. The van der Waals surface area contributed by atoms with Crippen molar-refractivity contribution in [2.45, 2.75) is 61.9 Å². The van der Waals surface area contributed by atoms with Crippen LogP contribution in [0.5, 0.6) is 0 Å². The molecule has 2 aliphatic rings. The zero-order valence-corrected chi connectivity index (χ0v) is 21.4. The number of amides is 1. The number of carbonyl (C=O) groups is 1. The summed E-state index contributed by atoms with van der Waals surface area (Å²) in [5.74, 6) is -1.86. The normalized spacial score (nSPS) is 17.9. The summed E-state index contributed by atoms with van der Waals surface area (Å²) < 4.78 is 54.4. The van der Waals surface area contributed by atoms with Crippen molar-refractivity contribution in [1.82, 2.24) is 14.9 Å². The molecule has 1 aliphatic carbocycles. The highest BCUT2D eigenvalue weighted by Crippen LogP contribution is 2.33. The first kappa shape index (κ1) is 26.4. The van der Waals surface area contributed by atoms with Crippen molar-refractivity contribution in [2.75, 3.05) is 20.1 Å². The van der Waals surface area contributed by atoms with Gasteiger partial charge in [-0.05, 0) is 67.6 Å². The van der Waals surface area contributed by atoms with Crippen molar-refractivity contribution in [3.8, 4) is 0 Å². The fourth-order valence-corrected chi connectivity index (χ4v) is 6.06. The van der Waals surface area contributed by atoms with E-state index < -0.39 is 21.7 Å². The van der Waals surface area contributed by atoms with Crippen molar-refractivity contribution in [2.24, 2.45) is 0 Å². The fraction of sp³-hybridized carbons (Fsp3) is 0.444. The summed E-state index contributed by atoms with van der Waals surface area (Å²) in [6.07, 6.45) is 6.03. The van der Waals surface area contributed by atoms with Gasteiger partial charge in [-0.25, -0.2) is 21.9 Å². The number of halogens is 2. The van der Waals surface area contributed by atoms with Gasteiger partial charge in [-0.15, -0.1) is 0 Å². The molecule has 1 amide bonds. The van der Waals surface area contributed by atoms with Crippen molar-refractivity contribution in [1.29, 1.82) is 0 Å². The van der Waals surface area contributed by atoms with Crippen LogP contribution in [-0.4, -0.2) is 44.9 Å². The summed E-state index contributed by atoms with van der Waals surface area (Å²) in [5, 5.41) is 3.24. The van der Waals surface area contributed by atoms with Gasteiger partial charge in [-0.2, -0.15) is 0 Å². The highest BCUT2D eigenvalue weighted by molar-refractivity contribution is 7.89. The van der Waals surface area contributed by atoms with Gasteiger partial charge < -0.3 is 5.32 Å². The summed E-state index contributed by atoms with van der Waals surface area (Å²) >= 11 is 0. The molecule has 9 heteroatoms. The number of carbonyl (C=O) groups excluding carboxylic acids is 1. The van der Waals surface area contributed by atoms with Gasteiger partial charge in [0.05, 0.1) is 4.90 Å². The largest absolute Gasteiger partial charge is 0.347 e. The van der Waals surface area contributed by atoms with Gasteiger partial charge in [-0.1, -0.05) is 44.0 Å². The smallest absolute Gasteiger partial charge is 0.251 e. The second kappa shape index (κ2) is 10.8. The number of nitrogens with zero attached hydrogens (tertiary/aromatic N) is 1. The lowest BCUT2D eigenvalue weighted by atomic mass is 9.78. The molecule has 0 bridgehead atoms. The number of hydrogen-bond acceptors (Lipinski definition) is 4. The Morgan fingerprint density at radius 1 is 1.14 bits per heavy atom. The van der Waals surface area contributed by atoms with Crippen molar-refractivity contribution in [3.05, 3.63) is 71.3 Å². The summed E-state index contributed by atoms with van der Waals surface area (Å²) in [6.45, 7) is 5.87.